The molecule has 0 aliphatic rings. The number of benzene rings is 1. The minimum atomic E-state index is -0.321. The number of nitrogens with one attached hydrogen (secondary N) is 2. The van der Waals surface area contributed by atoms with Crippen molar-refractivity contribution in [3.63, 3.8) is 0 Å². The van der Waals surface area contributed by atoms with Crippen molar-refractivity contribution in [2.45, 2.75) is 29.4 Å². The molecule has 0 aliphatic heterocycles. The Hall–Kier alpha value is -1.74. The van der Waals surface area contributed by atoms with E-state index in [-0.39, 0.29) is 18.9 Å². The van der Waals surface area contributed by atoms with Gasteiger partial charge in [-0.25, -0.2) is 9.97 Å². The molecule has 3 rings (SSSR count). The standard InChI is InChI=1S/C10H10N2S2.C9H12N2S2/c13-14(10-11-6-7-12-10)8-9-4-2-1-3-5-9;1-2-3-4-5-8-13(12)9-10-6-7-11-9/h1-7H,8H2,(H,11,12);3-8H,2H2,1H3,(H,10,11)/b;4-3+,8-5+. The van der Waals surface area contributed by atoms with Crippen molar-refractivity contribution in [2.24, 2.45) is 0 Å². The molecule has 0 fully saturated rings. The van der Waals surface area contributed by atoms with E-state index >= 15 is 0 Å². The predicted molar refractivity (Wildman–Crippen MR) is 122 cm³/mol. The first-order chi connectivity index (χ1) is 13.2. The van der Waals surface area contributed by atoms with Gasteiger partial charge < -0.3 is 9.97 Å². The summed E-state index contributed by atoms with van der Waals surface area (Å²) in [5.74, 6) is 0.879. The Morgan fingerprint density at radius 3 is 2.22 bits per heavy atom. The third kappa shape index (κ3) is 8.21. The first-order valence-electron chi connectivity index (χ1n) is 8.35. The van der Waals surface area contributed by atoms with Gasteiger partial charge in [-0.05, 0) is 49.2 Å². The monoisotopic (exact) mass is 434 g/mol. The van der Waals surface area contributed by atoms with E-state index in [1.165, 1.54) is 5.56 Å². The van der Waals surface area contributed by atoms with Crippen LogP contribution in [0.2, 0.25) is 0 Å². The van der Waals surface area contributed by atoms with E-state index in [1.807, 2.05) is 42.0 Å². The quantitative estimate of drug-likeness (QED) is 0.542. The molecule has 0 saturated carbocycles. The highest BCUT2D eigenvalue weighted by Crippen LogP contribution is 2.08. The summed E-state index contributed by atoms with van der Waals surface area (Å²) >= 11 is 10.6. The molecule has 27 heavy (non-hydrogen) atoms. The molecule has 0 radical (unpaired) electrons. The lowest BCUT2D eigenvalue weighted by Crippen LogP contribution is -1.96. The van der Waals surface area contributed by atoms with E-state index in [0.29, 0.717) is 0 Å². The first-order valence-corrected chi connectivity index (χ1v) is 12.9. The number of nitrogens with zero attached hydrogens (tertiary/aromatic N) is 2. The van der Waals surface area contributed by atoms with Crippen LogP contribution in [0.3, 0.4) is 0 Å². The number of hydrogen-bond acceptors (Lipinski definition) is 4. The van der Waals surface area contributed by atoms with Gasteiger partial charge in [-0.15, -0.1) is 0 Å². The summed E-state index contributed by atoms with van der Waals surface area (Å²) in [4.78, 5) is 14.3. The van der Waals surface area contributed by atoms with Crippen molar-refractivity contribution in [2.75, 3.05) is 0 Å². The van der Waals surface area contributed by atoms with Gasteiger partial charge in [-0.3, -0.25) is 0 Å². The SMILES string of the molecule is CC/C=C/C=C/S(=S)c1ncc[nH]1.S=S(Cc1ccccc1)c1ncc[nH]1. The molecule has 0 amide bonds. The summed E-state index contributed by atoms with van der Waals surface area (Å²) in [5.41, 5.74) is 1.27. The molecule has 0 bridgehead atoms. The van der Waals surface area contributed by atoms with Gasteiger partial charge in [0.2, 0.25) is 0 Å². The molecule has 2 atom stereocenters. The van der Waals surface area contributed by atoms with Gasteiger partial charge in [-0.2, -0.15) is 0 Å². The zero-order valence-electron chi connectivity index (χ0n) is 14.9. The number of hydrogen-bond donors (Lipinski definition) is 2. The Kier molecular flexibility index (Phi) is 10.1. The summed E-state index contributed by atoms with van der Waals surface area (Å²) in [6.07, 6.45) is 14.2. The molecule has 0 spiro atoms. The Balaban J connectivity index is 0.000000194. The van der Waals surface area contributed by atoms with Crippen LogP contribution in [0.15, 0.2) is 89.1 Å². The van der Waals surface area contributed by atoms with Crippen molar-refractivity contribution in [3.05, 3.63) is 84.3 Å². The highest BCUT2D eigenvalue weighted by atomic mass is 32.8. The molecule has 0 aliphatic carbocycles. The normalized spacial score (nSPS) is 13.4. The Morgan fingerprint density at radius 2 is 1.63 bits per heavy atom. The van der Waals surface area contributed by atoms with Gasteiger partial charge in [0.05, 0.1) is 0 Å². The van der Waals surface area contributed by atoms with Crippen LogP contribution in [-0.4, -0.2) is 19.9 Å². The predicted octanol–water partition coefficient (Wildman–Crippen LogP) is 4.38. The number of allylic oxidation sites excluding steroid dienone is 3. The summed E-state index contributed by atoms with van der Waals surface area (Å²) in [6, 6.07) is 10.3. The van der Waals surface area contributed by atoms with Gasteiger partial charge in [0.15, 0.2) is 10.3 Å². The molecular formula is C19H22N4S4. The zero-order valence-corrected chi connectivity index (χ0v) is 18.2. The third-order valence-corrected chi connectivity index (χ3v) is 7.07. The molecule has 0 saturated heterocycles. The van der Waals surface area contributed by atoms with Crippen LogP contribution in [-0.2, 0) is 47.0 Å². The van der Waals surface area contributed by atoms with Crippen LogP contribution < -0.4 is 0 Å². The number of H-pyrrole nitrogens is 2. The molecule has 2 unspecified atom stereocenters. The van der Waals surface area contributed by atoms with E-state index < -0.39 is 0 Å². The minimum Gasteiger partial charge on any atom is -0.339 e. The van der Waals surface area contributed by atoms with E-state index in [2.05, 4.69) is 45.1 Å². The van der Waals surface area contributed by atoms with Gasteiger partial charge in [0, 0.05) is 30.5 Å². The minimum absolute atomic E-state index is 0.237. The van der Waals surface area contributed by atoms with Gasteiger partial charge in [0.1, 0.15) is 0 Å². The Morgan fingerprint density at radius 1 is 0.963 bits per heavy atom. The van der Waals surface area contributed by atoms with Gasteiger partial charge >= 0.3 is 0 Å². The van der Waals surface area contributed by atoms with Gasteiger partial charge in [0.25, 0.3) is 0 Å². The van der Waals surface area contributed by atoms with E-state index in [4.69, 9.17) is 22.4 Å². The topological polar surface area (TPSA) is 57.4 Å². The lowest BCUT2D eigenvalue weighted by Gasteiger charge is -2.01. The maximum atomic E-state index is 5.37. The summed E-state index contributed by atoms with van der Waals surface area (Å²) in [6.45, 7) is 2.10. The number of imidazole rings is 2. The molecule has 142 valence electrons. The van der Waals surface area contributed by atoms with Crippen LogP contribution in [0.4, 0.5) is 0 Å². The Bertz CT molecular complexity index is 870. The fourth-order valence-corrected chi connectivity index (χ4v) is 4.79. The lowest BCUT2D eigenvalue weighted by atomic mass is 10.2. The van der Waals surface area contributed by atoms with Crippen molar-refractivity contribution in [1.29, 1.82) is 0 Å². The van der Waals surface area contributed by atoms with Crippen LogP contribution in [0.5, 0.6) is 0 Å². The molecule has 8 heteroatoms. The van der Waals surface area contributed by atoms with E-state index in [1.54, 1.807) is 18.6 Å². The maximum absolute atomic E-state index is 5.37. The number of aromatic amines is 2. The van der Waals surface area contributed by atoms with Crippen LogP contribution in [0.25, 0.3) is 0 Å². The van der Waals surface area contributed by atoms with Crippen molar-refractivity contribution in [1.82, 2.24) is 19.9 Å². The molecule has 4 nitrogen and oxygen atoms in total. The highest BCUT2D eigenvalue weighted by Gasteiger charge is 2.02. The maximum Gasteiger partial charge on any atom is 0.173 e. The number of aromatic nitrogens is 4. The lowest BCUT2D eigenvalue weighted by molar-refractivity contribution is 1.05. The van der Waals surface area contributed by atoms with Crippen molar-refractivity contribution >= 4 is 41.3 Å². The second-order valence-electron chi connectivity index (χ2n) is 5.23. The van der Waals surface area contributed by atoms with Crippen LogP contribution in [0.1, 0.15) is 18.9 Å². The van der Waals surface area contributed by atoms with Crippen LogP contribution in [0, 0.1) is 0 Å². The molecule has 3 aromatic rings. The fourth-order valence-electron chi connectivity index (χ4n) is 1.93. The Labute approximate surface area is 174 Å². The number of rotatable bonds is 7. The molecule has 2 heterocycles. The largest absolute Gasteiger partial charge is 0.339 e. The molecule has 1 aromatic carbocycles. The molecule has 2 N–H and O–H groups in total. The zero-order chi connectivity index (χ0) is 19.3. The van der Waals surface area contributed by atoms with E-state index in [0.717, 1.165) is 22.5 Å². The summed E-state index contributed by atoms with van der Waals surface area (Å²) in [5, 5.41) is 3.74. The van der Waals surface area contributed by atoms with Crippen molar-refractivity contribution < 1.29 is 0 Å². The average Bonchev–Trinajstić information content (AvgIpc) is 3.40. The fraction of sp³-hybridized carbons (Fsp3) is 0.158. The van der Waals surface area contributed by atoms with E-state index in [9.17, 15) is 0 Å². The third-order valence-electron chi connectivity index (χ3n) is 3.18. The summed E-state index contributed by atoms with van der Waals surface area (Å²) in [7, 11) is -0.558. The average molecular weight is 435 g/mol. The van der Waals surface area contributed by atoms with Crippen LogP contribution >= 0.6 is 0 Å². The second-order valence-corrected chi connectivity index (χ2v) is 10.1. The molecule has 2 aromatic heterocycles. The first kappa shape index (κ1) is 21.6. The second kappa shape index (κ2) is 12.6. The molecular weight excluding hydrogens is 413 g/mol. The smallest absolute Gasteiger partial charge is 0.173 e. The van der Waals surface area contributed by atoms with Crippen molar-refractivity contribution in [3.8, 4) is 0 Å². The summed E-state index contributed by atoms with van der Waals surface area (Å²) < 4.78 is 0. The van der Waals surface area contributed by atoms with Gasteiger partial charge in [-0.1, -0.05) is 64.9 Å². The highest BCUT2D eigenvalue weighted by molar-refractivity contribution is 8.30.